The first-order valence-corrected chi connectivity index (χ1v) is 6.61. The van der Waals surface area contributed by atoms with Crippen molar-refractivity contribution in [1.82, 2.24) is 0 Å². The number of nitrogens with zero attached hydrogens (tertiary/aromatic N) is 2. The number of para-hydroxylation sites is 2. The first-order chi connectivity index (χ1) is 10.6. The summed E-state index contributed by atoms with van der Waals surface area (Å²) in [6, 6.07) is 9.26. The summed E-state index contributed by atoms with van der Waals surface area (Å²) in [6.45, 7) is 0.760. The topological polar surface area (TPSA) is 106 Å². The largest absolute Gasteiger partial charge is 2.00 e. The van der Waals surface area contributed by atoms with Crippen molar-refractivity contribution in [2.45, 2.75) is 0 Å². The van der Waals surface area contributed by atoms with Crippen molar-refractivity contribution in [3.63, 3.8) is 0 Å². The average molecular weight is 391 g/mol. The fourth-order valence-electron chi connectivity index (χ4n) is 1.75. The number of aliphatic imine (C=N–C) groups is 2. The van der Waals surface area contributed by atoms with E-state index in [4.69, 9.17) is 0 Å². The summed E-state index contributed by atoms with van der Waals surface area (Å²) in [5.74, 6) is -0.804. The molecule has 0 saturated carbocycles. The van der Waals surface area contributed by atoms with Crippen LogP contribution in [0.1, 0.15) is 11.1 Å². The van der Waals surface area contributed by atoms with Crippen molar-refractivity contribution < 1.29 is 49.9 Å². The Morgan fingerprint density at radius 3 is 1.46 bits per heavy atom. The van der Waals surface area contributed by atoms with E-state index < -0.39 is 0 Å². The first-order valence-electron chi connectivity index (χ1n) is 6.61. The van der Waals surface area contributed by atoms with Crippen molar-refractivity contribution in [3.05, 3.63) is 47.5 Å². The predicted molar refractivity (Wildman–Crippen MR) is 84.5 cm³/mol. The van der Waals surface area contributed by atoms with Crippen LogP contribution in [-0.2, 0) is 17.1 Å². The summed E-state index contributed by atoms with van der Waals surface area (Å²) in [5.41, 5.74) is 0.851. The van der Waals surface area contributed by atoms with Crippen molar-refractivity contribution >= 4 is 12.4 Å². The zero-order valence-electron chi connectivity index (χ0n) is 12.5. The van der Waals surface area contributed by atoms with Gasteiger partial charge in [-0.15, -0.1) is 0 Å². The van der Waals surface area contributed by atoms with Crippen LogP contribution >= 0.6 is 0 Å². The molecule has 0 atom stereocenters. The van der Waals surface area contributed by atoms with Gasteiger partial charge in [0.2, 0.25) is 0 Å². The average Bonchev–Trinajstić information content (AvgIpc) is 2.51. The molecule has 2 rings (SSSR count). The number of hydrogen-bond donors (Lipinski definition) is 4. The SMILES string of the molecule is Oc1cccc(C=NCCN=Cc2cccc(O)c2O)c1O.[Cl-].[Mn+2]. The van der Waals surface area contributed by atoms with Crippen LogP contribution in [-0.4, -0.2) is 45.9 Å². The third kappa shape index (κ3) is 5.77. The summed E-state index contributed by atoms with van der Waals surface area (Å²) in [6.07, 6.45) is 2.91. The van der Waals surface area contributed by atoms with Crippen molar-refractivity contribution in [2.75, 3.05) is 13.1 Å². The molecule has 0 aromatic heterocycles. The predicted octanol–water partition coefficient (Wildman–Crippen LogP) is -0.952. The van der Waals surface area contributed by atoms with E-state index in [0.29, 0.717) is 24.2 Å². The van der Waals surface area contributed by atoms with Gasteiger partial charge < -0.3 is 32.8 Å². The molecule has 0 aliphatic rings. The van der Waals surface area contributed by atoms with E-state index in [1.54, 1.807) is 24.3 Å². The number of rotatable bonds is 5. The number of phenolic OH excluding ortho intramolecular Hbond substituents is 4. The summed E-state index contributed by atoms with van der Waals surface area (Å²) in [4.78, 5) is 8.19. The number of phenols is 4. The molecule has 0 unspecified atom stereocenters. The van der Waals surface area contributed by atoms with Crippen LogP contribution in [0, 0.1) is 0 Å². The Balaban J connectivity index is 0.00000264. The van der Waals surface area contributed by atoms with Gasteiger partial charge in [-0.1, -0.05) is 12.1 Å². The van der Waals surface area contributed by atoms with Gasteiger partial charge >= 0.3 is 17.1 Å². The van der Waals surface area contributed by atoms with Gasteiger partial charge in [0.05, 0.1) is 13.1 Å². The smallest absolute Gasteiger partial charge is 1.00 e. The van der Waals surface area contributed by atoms with Crippen LogP contribution in [0.25, 0.3) is 0 Å². The van der Waals surface area contributed by atoms with Crippen LogP contribution in [0.15, 0.2) is 46.4 Å². The summed E-state index contributed by atoms with van der Waals surface area (Å²) in [7, 11) is 0. The minimum atomic E-state index is -0.209. The Kier molecular flexibility index (Phi) is 9.57. The maximum Gasteiger partial charge on any atom is 2.00 e. The van der Waals surface area contributed by atoms with Gasteiger partial charge in [-0.25, -0.2) is 0 Å². The molecule has 0 aliphatic carbocycles. The Morgan fingerprint density at radius 1 is 0.708 bits per heavy atom. The standard InChI is InChI=1S/C16H16N2O4.ClH.Mn/c19-13-5-1-3-11(15(13)21)9-17-7-8-18-10-12-4-2-6-14(20)16(12)22;;/h1-6,9-10,19-22H,7-8H2;1H;/q;;+2/p-1. The minimum Gasteiger partial charge on any atom is -1.00 e. The Hall–Kier alpha value is -2.21. The van der Waals surface area contributed by atoms with E-state index in [0.717, 1.165) is 0 Å². The molecule has 2 aromatic rings. The van der Waals surface area contributed by atoms with E-state index >= 15 is 0 Å². The molecule has 1 radical (unpaired) electrons. The van der Waals surface area contributed by atoms with Gasteiger partial charge in [0.25, 0.3) is 0 Å². The fraction of sp³-hybridized carbons (Fsp3) is 0.125. The maximum atomic E-state index is 9.58. The summed E-state index contributed by atoms with van der Waals surface area (Å²) >= 11 is 0. The molecule has 0 aliphatic heterocycles. The Bertz CT molecular complexity index is 662. The Labute approximate surface area is 156 Å². The van der Waals surface area contributed by atoms with Crippen molar-refractivity contribution in [3.8, 4) is 23.0 Å². The molecule has 24 heavy (non-hydrogen) atoms. The number of hydrogen-bond acceptors (Lipinski definition) is 6. The quantitative estimate of drug-likeness (QED) is 0.229. The third-order valence-electron chi connectivity index (χ3n) is 2.91. The molecule has 6 nitrogen and oxygen atoms in total. The molecular formula is C16H16ClMnN2O4+. The zero-order valence-corrected chi connectivity index (χ0v) is 14.4. The number of halogens is 1. The zero-order chi connectivity index (χ0) is 15.9. The van der Waals surface area contributed by atoms with Crippen LogP contribution in [0.2, 0.25) is 0 Å². The number of benzene rings is 2. The third-order valence-corrected chi connectivity index (χ3v) is 2.91. The molecule has 4 N–H and O–H groups in total. The molecule has 0 spiro atoms. The summed E-state index contributed by atoms with van der Waals surface area (Å²) < 4.78 is 0. The number of aromatic hydroxyl groups is 4. The molecule has 0 fully saturated rings. The van der Waals surface area contributed by atoms with Gasteiger partial charge in [0.15, 0.2) is 23.0 Å². The van der Waals surface area contributed by atoms with Gasteiger partial charge in [0, 0.05) is 23.6 Å². The van der Waals surface area contributed by atoms with E-state index in [-0.39, 0.29) is 52.5 Å². The van der Waals surface area contributed by atoms with Gasteiger partial charge in [0.1, 0.15) is 0 Å². The fourth-order valence-corrected chi connectivity index (χ4v) is 1.75. The second kappa shape index (κ2) is 10.5. The van der Waals surface area contributed by atoms with Gasteiger partial charge in [-0.2, -0.15) is 0 Å². The second-order valence-corrected chi connectivity index (χ2v) is 4.50. The van der Waals surface area contributed by atoms with Crippen molar-refractivity contribution in [1.29, 1.82) is 0 Å². The van der Waals surface area contributed by atoms with E-state index in [9.17, 15) is 20.4 Å². The molecule has 0 heterocycles. The minimum absolute atomic E-state index is 0. The van der Waals surface area contributed by atoms with Crippen LogP contribution in [0.5, 0.6) is 23.0 Å². The molecule has 0 bridgehead atoms. The molecule has 127 valence electrons. The summed E-state index contributed by atoms with van der Waals surface area (Å²) in [5, 5.41) is 37.8. The molecular weight excluding hydrogens is 375 g/mol. The van der Waals surface area contributed by atoms with Crippen molar-refractivity contribution in [2.24, 2.45) is 9.98 Å². The Morgan fingerprint density at radius 2 is 1.08 bits per heavy atom. The van der Waals surface area contributed by atoms with E-state index in [2.05, 4.69) is 9.98 Å². The van der Waals surface area contributed by atoms with Crippen LogP contribution in [0.4, 0.5) is 0 Å². The van der Waals surface area contributed by atoms with Gasteiger partial charge in [-0.3, -0.25) is 9.98 Å². The van der Waals surface area contributed by atoms with E-state index in [1.165, 1.54) is 24.6 Å². The van der Waals surface area contributed by atoms with Crippen LogP contribution in [0.3, 0.4) is 0 Å². The van der Waals surface area contributed by atoms with E-state index in [1.807, 2.05) is 0 Å². The molecule has 8 heteroatoms. The van der Waals surface area contributed by atoms with Gasteiger partial charge in [-0.05, 0) is 24.3 Å². The normalized spacial score (nSPS) is 10.5. The first kappa shape index (κ1) is 21.8. The molecule has 2 aromatic carbocycles. The molecule has 0 saturated heterocycles. The maximum absolute atomic E-state index is 9.58. The second-order valence-electron chi connectivity index (χ2n) is 4.50. The molecule has 0 amide bonds. The monoisotopic (exact) mass is 390 g/mol. The van der Waals surface area contributed by atoms with Crippen LogP contribution < -0.4 is 12.4 Å².